The van der Waals surface area contributed by atoms with Gasteiger partial charge in [0.25, 0.3) is 0 Å². The molecule has 2 aromatic rings. The van der Waals surface area contributed by atoms with Gasteiger partial charge in [0.2, 0.25) is 0 Å². The number of esters is 2. The number of hydrogen-bond acceptors (Lipinski definition) is 6. The minimum atomic E-state index is -1.21. The van der Waals surface area contributed by atoms with E-state index in [1.54, 1.807) is 30.5 Å². The highest BCUT2D eigenvalue weighted by atomic mass is 35.5. The van der Waals surface area contributed by atoms with Crippen LogP contribution in [0.4, 0.5) is 5.69 Å². The summed E-state index contributed by atoms with van der Waals surface area (Å²) in [5.74, 6) is -1.31. The van der Waals surface area contributed by atoms with E-state index in [0.29, 0.717) is 26.9 Å². The van der Waals surface area contributed by atoms with E-state index in [4.69, 9.17) is 32.7 Å². The first-order valence-electron chi connectivity index (χ1n) is 6.58. The molecule has 1 aromatic heterocycles. The number of carbonyl (C=O) groups excluding carboxylic acids is 2. The summed E-state index contributed by atoms with van der Waals surface area (Å²) in [4.78, 5) is 26.7. The Kier molecular flexibility index (Phi) is 4.36. The Morgan fingerprint density at radius 1 is 1.09 bits per heavy atom. The molecule has 0 aliphatic carbocycles. The Hall–Kier alpha value is -2.31. The monoisotopic (exact) mass is 352 g/mol. The molecule has 3 rings (SSSR count). The van der Waals surface area contributed by atoms with Crippen molar-refractivity contribution >= 4 is 40.8 Å². The van der Waals surface area contributed by atoms with Gasteiger partial charge in [-0.05, 0) is 12.1 Å². The number of rotatable bonds is 3. The summed E-state index contributed by atoms with van der Waals surface area (Å²) in [5.41, 5.74) is 1.79. The molecule has 6 nitrogen and oxygen atoms in total. The molecule has 0 radical (unpaired) electrons. The van der Waals surface area contributed by atoms with E-state index in [1.807, 2.05) is 0 Å². The van der Waals surface area contributed by atoms with Gasteiger partial charge in [0, 0.05) is 23.5 Å². The van der Waals surface area contributed by atoms with Gasteiger partial charge in [0.05, 0.1) is 15.7 Å². The van der Waals surface area contributed by atoms with Crippen molar-refractivity contribution in [2.45, 2.75) is 12.8 Å². The van der Waals surface area contributed by atoms with Crippen molar-refractivity contribution < 1.29 is 19.1 Å². The summed E-state index contributed by atoms with van der Waals surface area (Å²) < 4.78 is 9.87. The van der Waals surface area contributed by atoms with Crippen LogP contribution in [0.3, 0.4) is 0 Å². The second-order valence-corrected chi connectivity index (χ2v) is 5.44. The van der Waals surface area contributed by atoms with Crippen LogP contribution >= 0.6 is 23.2 Å². The van der Waals surface area contributed by atoms with Crippen LogP contribution < -0.4 is 5.32 Å². The third kappa shape index (κ3) is 3.38. The molecule has 0 bridgehead atoms. The van der Waals surface area contributed by atoms with E-state index in [1.165, 1.54) is 6.20 Å². The maximum Gasteiger partial charge on any atom is 0.329 e. The summed E-state index contributed by atoms with van der Waals surface area (Å²) in [6.07, 6.45) is 1.51. The molecule has 8 heteroatoms. The number of cyclic esters (lactones) is 2. The van der Waals surface area contributed by atoms with Gasteiger partial charge < -0.3 is 14.8 Å². The number of nitrogens with one attached hydrogen (secondary N) is 1. The number of benzene rings is 1. The van der Waals surface area contributed by atoms with Crippen LogP contribution in [0.15, 0.2) is 36.7 Å². The van der Waals surface area contributed by atoms with Crippen molar-refractivity contribution in [2.75, 3.05) is 5.32 Å². The molecule has 1 aromatic carbocycles. The SMILES string of the molecule is O=C1CC(=O)OC(Nc2ccncc2-c2cccc(Cl)c2Cl)O1. The van der Waals surface area contributed by atoms with Crippen LogP contribution in [0.2, 0.25) is 10.0 Å². The standard InChI is InChI=1S/C15H10Cl2N2O4/c16-10-3-1-2-8(14(10)17)9-7-18-5-4-11(9)19-15-22-12(20)6-13(21)23-15/h1-5,7,15H,6H2,(H,18,19). The van der Waals surface area contributed by atoms with Crippen molar-refractivity contribution in [1.29, 1.82) is 0 Å². The van der Waals surface area contributed by atoms with Crippen LogP contribution in [-0.2, 0) is 19.1 Å². The zero-order valence-electron chi connectivity index (χ0n) is 11.6. The number of carbonyl (C=O) groups is 2. The average Bonchev–Trinajstić information content (AvgIpc) is 2.50. The fourth-order valence-electron chi connectivity index (χ4n) is 2.10. The number of aromatic nitrogens is 1. The Balaban J connectivity index is 1.94. The van der Waals surface area contributed by atoms with E-state index in [0.717, 1.165) is 0 Å². The lowest BCUT2D eigenvalue weighted by molar-refractivity contribution is -0.197. The molecular formula is C15H10Cl2N2O4. The first-order chi connectivity index (χ1) is 11.0. The summed E-state index contributed by atoms with van der Waals surface area (Å²) in [5, 5.41) is 3.59. The van der Waals surface area contributed by atoms with E-state index in [2.05, 4.69) is 10.3 Å². The first-order valence-corrected chi connectivity index (χ1v) is 7.34. The van der Waals surface area contributed by atoms with Gasteiger partial charge in [0.1, 0.15) is 6.42 Å². The highest BCUT2D eigenvalue weighted by molar-refractivity contribution is 6.43. The smallest absolute Gasteiger partial charge is 0.329 e. The van der Waals surface area contributed by atoms with Gasteiger partial charge in [-0.3, -0.25) is 14.6 Å². The summed E-state index contributed by atoms with van der Waals surface area (Å²) in [6, 6.07) is 6.83. The van der Waals surface area contributed by atoms with Crippen LogP contribution in [-0.4, -0.2) is 23.3 Å². The van der Waals surface area contributed by atoms with Gasteiger partial charge in [-0.2, -0.15) is 0 Å². The number of pyridine rings is 1. The van der Waals surface area contributed by atoms with E-state index in [-0.39, 0.29) is 0 Å². The van der Waals surface area contributed by atoms with Gasteiger partial charge in [-0.25, -0.2) is 0 Å². The second kappa shape index (κ2) is 6.44. The average molecular weight is 353 g/mol. The van der Waals surface area contributed by atoms with E-state index in [9.17, 15) is 9.59 Å². The Morgan fingerprint density at radius 3 is 2.57 bits per heavy atom. The molecule has 0 atom stereocenters. The summed E-state index contributed by atoms with van der Waals surface area (Å²) >= 11 is 12.3. The van der Waals surface area contributed by atoms with Gasteiger partial charge in [0.15, 0.2) is 0 Å². The number of halogens is 2. The lowest BCUT2D eigenvalue weighted by atomic mass is 10.1. The normalized spacial score (nSPS) is 15.0. The number of nitrogens with zero attached hydrogens (tertiary/aromatic N) is 1. The maximum absolute atomic E-state index is 11.3. The second-order valence-electron chi connectivity index (χ2n) is 4.66. The third-order valence-electron chi connectivity index (χ3n) is 3.10. The highest BCUT2D eigenvalue weighted by Gasteiger charge is 2.28. The summed E-state index contributed by atoms with van der Waals surface area (Å²) in [7, 11) is 0. The molecule has 1 N–H and O–H groups in total. The van der Waals surface area contributed by atoms with Crippen molar-refractivity contribution in [1.82, 2.24) is 4.98 Å². The highest BCUT2D eigenvalue weighted by Crippen LogP contribution is 2.37. The van der Waals surface area contributed by atoms with Gasteiger partial charge in [-0.1, -0.05) is 35.3 Å². The van der Waals surface area contributed by atoms with Crippen molar-refractivity contribution in [3.63, 3.8) is 0 Å². The van der Waals surface area contributed by atoms with Crippen LogP contribution in [0.1, 0.15) is 6.42 Å². The van der Waals surface area contributed by atoms with Crippen LogP contribution in [0, 0.1) is 0 Å². The number of hydrogen-bond donors (Lipinski definition) is 1. The van der Waals surface area contributed by atoms with Crippen molar-refractivity contribution in [2.24, 2.45) is 0 Å². The Labute approximate surface area is 141 Å². The van der Waals surface area contributed by atoms with Gasteiger partial charge in [-0.15, -0.1) is 0 Å². The molecule has 0 spiro atoms. The minimum Gasteiger partial charge on any atom is -0.406 e. The Bertz CT molecular complexity index is 766. The summed E-state index contributed by atoms with van der Waals surface area (Å²) in [6.45, 7) is 0. The molecule has 1 fully saturated rings. The van der Waals surface area contributed by atoms with Crippen LogP contribution in [0.5, 0.6) is 0 Å². The molecule has 23 heavy (non-hydrogen) atoms. The van der Waals surface area contributed by atoms with Crippen molar-refractivity contribution in [3.8, 4) is 11.1 Å². The molecular weight excluding hydrogens is 343 g/mol. The molecule has 1 aliphatic heterocycles. The quantitative estimate of drug-likeness (QED) is 0.674. The topological polar surface area (TPSA) is 77.5 Å². The zero-order valence-corrected chi connectivity index (χ0v) is 13.1. The lowest BCUT2D eigenvalue weighted by Crippen LogP contribution is -2.37. The molecule has 0 unspecified atom stereocenters. The zero-order chi connectivity index (χ0) is 16.4. The molecule has 1 saturated heterocycles. The predicted octanol–water partition coefficient (Wildman–Crippen LogP) is 3.24. The lowest BCUT2D eigenvalue weighted by Gasteiger charge is -2.24. The van der Waals surface area contributed by atoms with Gasteiger partial charge >= 0.3 is 18.4 Å². The number of anilines is 1. The molecule has 2 heterocycles. The number of ether oxygens (including phenoxy) is 2. The molecule has 0 saturated carbocycles. The maximum atomic E-state index is 11.3. The molecule has 1 aliphatic rings. The predicted molar refractivity (Wildman–Crippen MR) is 83.9 cm³/mol. The van der Waals surface area contributed by atoms with Crippen molar-refractivity contribution in [3.05, 3.63) is 46.7 Å². The fraction of sp³-hybridized carbons (Fsp3) is 0.133. The van der Waals surface area contributed by atoms with Crippen LogP contribution in [0.25, 0.3) is 11.1 Å². The third-order valence-corrected chi connectivity index (χ3v) is 3.92. The Morgan fingerprint density at radius 2 is 1.83 bits per heavy atom. The first kappa shape index (κ1) is 15.6. The molecule has 118 valence electrons. The van der Waals surface area contributed by atoms with E-state index < -0.39 is 24.8 Å². The minimum absolute atomic E-state index is 0.364. The van der Waals surface area contributed by atoms with E-state index >= 15 is 0 Å². The fourth-order valence-corrected chi connectivity index (χ4v) is 2.50. The largest absolute Gasteiger partial charge is 0.406 e. The molecule has 0 amide bonds.